The molecular formula is C10H17BrN2O3. The molecule has 0 aromatic carbocycles. The number of halogens is 1. The van der Waals surface area contributed by atoms with Crippen LogP contribution >= 0.6 is 15.9 Å². The number of carbonyl (C=O) groups is 1. The Hall–Kier alpha value is -0.620. The first-order valence-corrected chi connectivity index (χ1v) is 5.94. The molecule has 2 N–H and O–H groups in total. The number of esters is 1. The van der Waals surface area contributed by atoms with E-state index < -0.39 is 17.6 Å². The van der Waals surface area contributed by atoms with Gasteiger partial charge in [0, 0.05) is 12.8 Å². The molecule has 16 heavy (non-hydrogen) atoms. The monoisotopic (exact) mass is 292 g/mol. The maximum atomic E-state index is 11.6. The topological polar surface area (TPSA) is 73.9 Å². The Morgan fingerprint density at radius 2 is 2.38 bits per heavy atom. The summed E-state index contributed by atoms with van der Waals surface area (Å²) in [4.78, 5) is 16.6. The van der Waals surface area contributed by atoms with Gasteiger partial charge in [0.25, 0.3) is 0 Å². The predicted octanol–water partition coefficient (Wildman–Crippen LogP) is 1.54. The van der Waals surface area contributed by atoms with Gasteiger partial charge in [0.05, 0.1) is 0 Å². The molecule has 0 saturated heterocycles. The maximum Gasteiger partial charge on any atom is 0.323 e. The Morgan fingerprint density at radius 1 is 1.75 bits per heavy atom. The Labute approximate surface area is 103 Å². The molecule has 6 heteroatoms. The number of nitrogens with two attached hydrogens (primary N) is 1. The number of hydrogen-bond donors (Lipinski definition) is 1. The smallest absolute Gasteiger partial charge is 0.323 e. The predicted molar refractivity (Wildman–Crippen MR) is 64.3 cm³/mol. The van der Waals surface area contributed by atoms with Gasteiger partial charge in [0.2, 0.25) is 0 Å². The molecule has 1 aliphatic heterocycles. The minimum absolute atomic E-state index is 0.142. The summed E-state index contributed by atoms with van der Waals surface area (Å²) < 4.78 is 5.91. The van der Waals surface area contributed by atoms with Crippen molar-refractivity contribution in [3.05, 3.63) is 0 Å². The fraction of sp³-hybridized carbons (Fsp3) is 0.800. The lowest BCUT2D eigenvalue weighted by Crippen LogP contribution is -2.39. The zero-order chi connectivity index (χ0) is 12.3. The van der Waals surface area contributed by atoms with Crippen LogP contribution in [0.25, 0.3) is 0 Å². The molecule has 1 unspecified atom stereocenters. The Bertz CT molecular complexity index is 299. The summed E-state index contributed by atoms with van der Waals surface area (Å²) in [5.74, 6) is -0.404. The van der Waals surface area contributed by atoms with Crippen molar-refractivity contribution in [2.24, 2.45) is 10.9 Å². The van der Waals surface area contributed by atoms with Gasteiger partial charge in [-0.3, -0.25) is 4.79 Å². The van der Waals surface area contributed by atoms with E-state index in [9.17, 15) is 4.79 Å². The van der Waals surface area contributed by atoms with E-state index in [1.165, 1.54) is 0 Å². The van der Waals surface area contributed by atoms with Crippen molar-refractivity contribution in [2.75, 3.05) is 0 Å². The third-order valence-electron chi connectivity index (χ3n) is 1.92. The number of rotatable bonds is 3. The van der Waals surface area contributed by atoms with Gasteiger partial charge in [-0.1, -0.05) is 5.16 Å². The van der Waals surface area contributed by atoms with Crippen LogP contribution in [-0.2, 0) is 14.4 Å². The van der Waals surface area contributed by atoms with E-state index in [1.54, 1.807) is 0 Å². The van der Waals surface area contributed by atoms with Crippen molar-refractivity contribution in [3.8, 4) is 0 Å². The van der Waals surface area contributed by atoms with Gasteiger partial charge < -0.3 is 15.3 Å². The standard InChI is InChI=1S/C10H17BrN2O3/c1-10(2,3)15-9(14)7(12)4-6-5-8(11)13-16-6/h6-7H,4-5,12H2,1-3H3/t6?,7-/m0/s1. The summed E-state index contributed by atoms with van der Waals surface area (Å²) in [6, 6.07) is -0.669. The molecule has 1 aliphatic rings. The van der Waals surface area contributed by atoms with Gasteiger partial charge >= 0.3 is 5.97 Å². The summed E-state index contributed by atoms with van der Waals surface area (Å²) in [5.41, 5.74) is 5.22. The lowest BCUT2D eigenvalue weighted by Gasteiger charge is -2.22. The van der Waals surface area contributed by atoms with E-state index >= 15 is 0 Å². The fourth-order valence-corrected chi connectivity index (χ4v) is 1.72. The summed E-state index contributed by atoms with van der Waals surface area (Å²) >= 11 is 3.22. The largest absolute Gasteiger partial charge is 0.459 e. The van der Waals surface area contributed by atoms with E-state index in [1.807, 2.05) is 20.8 Å². The molecule has 1 rings (SSSR count). The van der Waals surface area contributed by atoms with Crippen LogP contribution in [0.15, 0.2) is 5.16 Å². The Morgan fingerprint density at radius 3 is 2.81 bits per heavy atom. The lowest BCUT2D eigenvalue weighted by atomic mass is 10.1. The van der Waals surface area contributed by atoms with Crippen molar-refractivity contribution in [1.82, 2.24) is 0 Å². The number of oxime groups is 1. The number of hydrogen-bond acceptors (Lipinski definition) is 5. The van der Waals surface area contributed by atoms with Crippen LogP contribution in [0.1, 0.15) is 33.6 Å². The molecule has 0 fully saturated rings. The molecular weight excluding hydrogens is 276 g/mol. The Balaban J connectivity index is 2.35. The molecule has 92 valence electrons. The van der Waals surface area contributed by atoms with Crippen LogP contribution in [0.5, 0.6) is 0 Å². The SMILES string of the molecule is CC(C)(C)OC(=O)[C@@H](N)CC1CC(Br)=NO1. The molecule has 0 saturated carbocycles. The van der Waals surface area contributed by atoms with E-state index in [2.05, 4.69) is 21.1 Å². The molecule has 0 aromatic rings. The normalized spacial score (nSPS) is 22.3. The van der Waals surface area contributed by atoms with E-state index in [4.69, 9.17) is 15.3 Å². The number of ether oxygens (including phenoxy) is 1. The van der Waals surface area contributed by atoms with Crippen molar-refractivity contribution in [3.63, 3.8) is 0 Å². The minimum Gasteiger partial charge on any atom is -0.459 e. The van der Waals surface area contributed by atoms with Crippen molar-refractivity contribution in [1.29, 1.82) is 0 Å². The molecule has 0 amide bonds. The number of nitrogens with zero attached hydrogens (tertiary/aromatic N) is 1. The molecule has 1 heterocycles. The molecule has 0 bridgehead atoms. The van der Waals surface area contributed by atoms with Crippen LogP contribution in [0.4, 0.5) is 0 Å². The zero-order valence-electron chi connectivity index (χ0n) is 9.70. The molecule has 0 aromatic heterocycles. The maximum absolute atomic E-state index is 11.6. The summed E-state index contributed by atoms with van der Waals surface area (Å²) in [5, 5.41) is 3.73. The second-order valence-corrected chi connectivity index (χ2v) is 5.69. The van der Waals surface area contributed by atoms with E-state index in [0.717, 1.165) is 4.62 Å². The van der Waals surface area contributed by atoms with Gasteiger partial charge in [-0.15, -0.1) is 0 Å². The average Bonchev–Trinajstić information content (AvgIpc) is 2.48. The first kappa shape index (κ1) is 13.4. The van der Waals surface area contributed by atoms with E-state index in [-0.39, 0.29) is 6.10 Å². The summed E-state index contributed by atoms with van der Waals surface area (Å²) in [7, 11) is 0. The highest BCUT2D eigenvalue weighted by molar-refractivity contribution is 9.18. The van der Waals surface area contributed by atoms with Crippen LogP contribution in [0.2, 0.25) is 0 Å². The zero-order valence-corrected chi connectivity index (χ0v) is 11.3. The first-order valence-electron chi connectivity index (χ1n) is 5.14. The summed E-state index contributed by atoms with van der Waals surface area (Å²) in [6.07, 6.45) is 0.918. The molecule has 5 nitrogen and oxygen atoms in total. The van der Waals surface area contributed by atoms with Gasteiger partial charge in [0.1, 0.15) is 22.4 Å². The average molecular weight is 293 g/mol. The van der Waals surface area contributed by atoms with Crippen LogP contribution in [-0.4, -0.2) is 28.3 Å². The highest BCUT2D eigenvalue weighted by Crippen LogP contribution is 2.19. The van der Waals surface area contributed by atoms with Gasteiger partial charge in [-0.2, -0.15) is 0 Å². The molecule has 0 spiro atoms. The quantitative estimate of drug-likeness (QED) is 0.801. The van der Waals surface area contributed by atoms with Crippen molar-refractivity contribution < 1.29 is 14.4 Å². The van der Waals surface area contributed by atoms with Gasteiger partial charge in [-0.25, -0.2) is 0 Å². The molecule has 0 radical (unpaired) electrons. The van der Waals surface area contributed by atoms with Crippen LogP contribution in [0.3, 0.4) is 0 Å². The van der Waals surface area contributed by atoms with Crippen LogP contribution in [0, 0.1) is 0 Å². The van der Waals surface area contributed by atoms with E-state index in [0.29, 0.717) is 12.8 Å². The second-order valence-electron chi connectivity index (χ2n) is 4.77. The Kier molecular flexibility index (Phi) is 4.32. The highest BCUT2D eigenvalue weighted by Gasteiger charge is 2.28. The van der Waals surface area contributed by atoms with Gasteiger partial charge in [-0.05, 0) is 36.7 Å². The third kappa shape index (κ3) is 4.49. The third-order valence-corrected chi connectivity index (χ3v) is 2.39. The van der Waals surface area contributed by atoms with Gasteiger partial charge in [0.15, 0.2) is 0 Å². The summed E-state index contributed by atoms with van der Waals surface area (Å²) in [6.45, 7) is 5.43. The van der Waals surface area contributed by atoms with Crippen molar-refractivity contribution in [2.45, 2.75) is 51.4 Å². The molecule has 2 atom stereocenters. The van der Waals surface area contributed by atoms with Crippen LogP contribution < -0.4 is 5.73 Å². The first-order chi connectivity index (χ1) is 7.28. The minimum atomic E-state index is -0.669. The molecule has 0 aliphatic carbocycles. The highest BCUT2D eigenvalue weighted by atomic mass is 79.9. The van der Waals surface area contributed by atoms with Crippen molar-refractivity contribution >= 4 is 26.5 Å². The number of carbonyl (C=O) groups excluding carboxylic acids is 1. The fourth-order valence-electron chi connectivity index (χ4n) is 1.28. The lowest BCUT2D eigenvalue weighted by molar-refractivity contribution is -0.157. The second kappa shape index (κ2) is 5.14.